The van der Waals surface area contributed by atoms with Crippen molar-refractivity contribution in [2.45, 2.75) is 31.3 Å². The Morgan fingerprint density at radius 2 is 1.85 bits per heavy atom. The Hall–Kier alpha value is -1.02. The first-order chi connectivity index (χ1) is 9.65. The van der Waals surface area contributed by atoms with Gasteiger partial charge in [0, 0.05) is 28.0 Å². The first kappa shape index (κ1) is 13.9. The van der Waals surface area contributed by atoms with E-state index in [1.165, 1.54) is 12.0 Å². The van der Waals surface area contributed by atoms with Crippen molar-refractivity contribution in [3.63, 3.8) is 0 Å². The molecule has 0 spiro atoms. The van der Waals surface area contributed by atoms with Gasteiger partial charge in [-0.25, -0.2) is 0 Å². The van der Waals surface area contributed by atoms with Gasteiger partial charge in [-0.3, -0.25) is 0 Å². The zero-order valence-electron chi connectivity index (χ0n) is 11.3. The Labute approximate surface area is 129 Å². The van der Waals surface area contributed by atoms with E-state index in [1.807, 2.05) is 12.1 Å². The van der Waals surface area contributed by atoms with Crippen molar-refractivity contribution in [1.82, 2.24) is 5.32 Å². The molecule has 2 aromatic carbocycles. The van der Waals surface area contributed by atoms with Gasteiger partial charge in [0.2, 0.25) is 0 Å². The van der Waals surface area contributed by atoms with Gasteiger partial charge in [0.05, 0.1) is 0 Å². The SMILES string of the molecule is CC(NC1CC1c1ccccc1)c1ccc(Cl)cc1Cl. The van der Waals surface area contributed by atoms with Gasteiger partial charge >= 0.3 is 0 Å². The molecule has 1 aliphatic rings. The van der Waals surface area contributed by atoms with Crippen LogP contribution in [0.2, 0.25) is 10.0 Å². The van der Waals surface area contributed by atoms with Gasteiger partial charge in [-0.05, 0) is 36.6 Å². The fraction of sp³-hybridized carbons (Fsp3) is 0.294. The van der Waals surface area contributed by atoms with Crippen molar-refractivity contribution in [2.24, 2.45) is 0 Å². The highest BCUT2D eigenvalue weighted by Gasteiger charge is 2.38. The first-order valence-corrected chi connectivity index (χ1v) is 7.66. The van der Waals surface area contributed by atoms with E-state index in [9.17, 15) is 0 Å². The Kier molecular flexibility index (Phi) is 4.02. The molecule has 0 aliphatic heterocycles. The van der Waals surface area contributed by atoms with Crippen LogP contribution in [0.4, 0.5) is 0 Å². The maximum atomic E-state index is 6.26. The first-order valence-electron chi connectivity index (χ1n) is 6.91. The summed E-state index contributed by atoms with van der Waals surface area (Å²) >= 11 is 12.2. The molecular weight excluding hydrogens is 289 g/mol. The Balaban J connectivity index is 1.65. The van der Waals surface area contributed by atoms with Crippen molar-refractivity contribution in [3.05, 3.63) is 69.7 Å². The van der Waals surface area contributed by atoms with Crippen molar-refractivity contribution in [3.8, 4) is 0 Å². The molecule has 3 heteroatoms. The molecule has 1 saturated carbocycles. The molecule has 0 aromatic heterocycles. The normalized spacial score (nSPS) is 22.6. The highest BCUT2D eigenvalue weighted by Crippen LogP contribution is 2.42. The standard InChI is InChI=1S/C17H17Cl2N/c1-11(14-8-7-13(18)9-16(14)19)20-17-10-15(17)12-5-3-2-4-6-12/h2-9,11,15,17,20H,10H2,1H3. The van der Waals surface area contributed by atoms with Crippen LogP contribution >= 0.6 is 23.2 Å². The second-order valence-corrected chi connectivity index (χ2v) is 6.26. The molecule has 1 aliphatic carbocycles. The van der Waals surface area contributed by atoms with Crippen LogP contribution in [0.25, 0.3) is 0 Å². The second kappa shape index (κ2) is 5.77. The molecule has 3 atom stereocenters. The number of halogens is 2. The monoisotopic (exact) mass is 305 g/mol. The van der Waals surface area contributed by atoms with Crippen molar-refractivity contribution in [2.75, 3.05) is 0 Å². The van der Waals surface area contributed by atoms with E-state index >= 15 is 0 Å². The van der Waals surface area contributed by atoms with Gasteiger partial charge in [0.25, 0.3) is 0 Å². The van der Waals surface area contributed by atoms with E-state index in [-0.39, 0.29) is 6.04 Å². The summed E-state index contributed by atoms with van der Waals surface area (Å²) in [6.07, 6.45) is 1.19. The highest BCUT2D eigenvalue weighted by atomic mass is 35.5. The summed E-state index contributed by atoms with van der Waals surface area (Å²) in [5.74, 6) is 0.629. The average Bonchev–Trinajstić information content (AvgIpc) is 3.18. The van der Waals surface area contributed by atoms with E-state index in [1.54, 1.807) is 6.07 Å². The molecule has 1 fully saturated rings. The summed E-state index contributed by atoms with van der Waals surface area (Å²) in [5, 5.41) is 5.06. The molecule has 0 radical (unpaired) electrons. The maximum absolute atomic E-state index is 6.26. The summed E-state index contributed by atoms with van der Waals surface area (Å²) in [6.45, 7) is 2.15. The fourth-order valence-electron chi connectivity index (χ4n) is 2.71. The summed E-state index contributed by atoms with van der Waals surface area (Å²) in [6, 6.07) is 17.1. The number of hydrogen-bond acceptors (Lipinski definition) is 1. The van der Waals surface area contributed by atoms with E-state index in [2.05, 4.69) is 42.6 Å². The van der Waals surface area contributed by atoms with Gasteiger partial charge in [-0.15, -0.1) is 0 Å². The minimum atomic E-state index is 0.235. The van der Waals surface area contributed by atoms with Gasteiger partial charge in [-0.2, -0.15) is 0 Å². The third-order valence-electron chi connectivity index (χ3n) is 3.91. The third kappa shape index (κ3) is 3.01. The predicted molar refractivity (Wildman–Crippen MR) is 85.6 cm³/mol. The van der Waals surface area contributed by atoms with Crippen LogP contribution < -0.4 is 5.32 Å². The van der Waals surface area contributed by atoms with E-state index in [0.29, 0.717) is 17.0 Å². The molecule has 20 heavy (non-hydrogen) atoms. The van der Waals surface area contributed by atoms with E-state index in [0.717, 1.165) is 10.6 Å². The van der Waals surface area contributed by atoms with Gasteiger partial charge < -0.3 is 5.32 Å². The topological polar surface area (TPSA) is 12.0 Å². The Morgan fingerprint density at radius 1 is 1.10 bits per heavy atom. The molecule has 1 nitrogen and oxygen atoms in total. The van der Waals surface area contributed by atoms with Crippen LogP contribution in [0.1, 0.15) is 36.4 Å². The van der Waals surface area contributed by atoms with E-state index in [4.69, 9.17) is 23.2 Å². The lowest BCUT2D eigenvalue weighted by Gasteiger charge is -2.16. The maximum Gasteiger partial charge on any atom is 0.0468 e. The molecule has 0 heterocycles. The minimum Gasteiger partial charge on any atom is -0.307 e. The largest absolute Gasteiger partial charge is 0.307 e. The smallest absolute Gasteiger partial charge is 0.0468 e. The van der Waals surface area contributed by atoms with Crippen LogP contribution in [0, 0.1) is 0 Å². The molecule has 104 valence electrons. The third-order valence-corrected chi connectivity index (χ3v) is 4.47. The summed E-state index contributed by atoms with van der Waals surface area (Å²) in [7, 11) is 0. The van der Waals surface area contributed by atoms with Crippen molar-refractivity contribution >= 4 is 23.2 Å². The van der Waals surface area contributed by atoms with Gasteiger partial charge in [0.15, 0.2) is 0 Å². The molecule has 3 unspecified atom stereocenters. The Bertz CT molecular complexity index is 597. The number of hydrogen-bond donors (Lipinski definition) is 1. The summed E-state index contributed by atoms with van der Waals surface area (Å²) in [4.78, 5) is 0. The lowest BCUT2D eigenvalue weighted by molar-refractivity contribution is 0.563. The lowest BCUT2D eigenvalue weighted by Crippen LogP contribution is -2.22. The summed E-state index contributed by atoms with van der Waals surface area (Å²) < 4.78 is 0. The van der Waals surface area contributed by atoms with Crippen molar-refractivity contribution in [1.29, 1.82) is 0 Å². The molecule has 1 N–H and O–H groups in total. The summed E-state index contributed by atoms with van der Waals surface area (Å²) in [5.41, 5.74) is 2.52. The molecular formula is C17H17Cl2N. The molecule has 3 rings (SSSR count). The highest BCUT2D eigenvalue weighted by molar-refractivity contribution is 6.35. The molecule has 2 aromatic rings. The quantitative estimate of drug-likeness (QED) is 0.818. The predicted octanol–water partition coefficient (Wildman–Crippen LogP) is 5.20. The molecule has 0 saturated heterocycles. The van der Waals surface area contributed by atoms with Gasteiger partial charge in [0.1, 0.15) is 0 Å². The van der Waals surface area contributed by atoms with Crippen LogP contribution in [0.3, 0.4) is 0 Å². The van der Waals surface area contributed by atoms with Crippen LogP contribution in [0.5, 0.6) is 0 Å². The van der Waals surface area contributed by atoms with Crippen LogP contribution in [-0.4, -0.2) is 6.04 Å². The Morgan fingerprint density at radius 3 is 2.55 bits per heavy atom. The number of benzene rings is 2. The van der Waals surface area contributed by atoms with Crippen LogP contribution in [0.15, 0.2) is 48.5 Å². The zero-order valence-corrected chi connectivity index (χ0v) is 12.8. The average molecular weight is 306 g/mol. The second-order valence-electron chi connectivity index (χ2n) is 5.41. The lowest BCUT2D eigenvalue weighted by atomic mass is 10.1. The molecule has 0 bridgehead atoms. The van der Waals surface area contributed by atoms with E-state index < -0.39 is 0 Å². The van der Waals surface area contributed by atoms with Gasteiger partial charge in [-0.1, -0.05) is 59.6 Å². The van der Waals surface area contributed by atoms with Crippen LogP contribution in [-0.2, 0) is 0 Å². The number of rotatable bonds is 4. The molecule has 0 amide bonds. The zero-order chi connectivity index (χ0) is 14.1. The fourth-order valence-corrected chi connectivity index (χ4v) is 3.28. The number of nitrogens with one attached hydrogen (secondary N) is 1. The minimum absolute atomic E-state index is 0.235. The van der Waals surface area contributed by atoms with Crippen molar-refractivity contribution < 1.29 is 0 Å².